The van der Waals surface area contributed by atoms with Gasteiger partial charge in [0.2, 0.25) is 0 Å². The van der Waals surface area contributed by atoms with E-state index in [9.17, 15) is 0 Å². The van der Waals surface area contributed by atoms with E-state index in [4.69, 9.17) is 9.47 Å². The first-order chi connectivity index (χ1) is 9.64. The minimum atomic E-state index is 0.362. The quantitative estimate of drug-likeness (QED) is 0.786. The van der Waals surface area contributed by atoms with E-state index >= 15 is 0 Å². The molecule has 1 aliphatic carbocycles. The van der Waals surface area contributed by atoms with Gasteiger partial charge in [0.15, 0.2) is 0 Å². The van der Waals surface area contributed by atoms with Crippen molar-refractivity contribution in [3.63, 3.8) is 0 Å². The molecule has 2 rings (SSSR count). The van der Waals surface area contributed by atoms with E-state index in [0.29, 0.717) is 18.1 Å². The molecule has 0 radical (unpaired) electrons. The van der Waals surface area contributed by atoms with E-state index in [-0.39, 0.29) is 0 Å². The van der Waals surface area contributed by atoms with Crippen LogP contribution < -0.4 is 10.1 Å². The second kappa shape index (κ2) is 6.59. The van der Waals surface area contributed by atoms with Gasteiger partial charge in [0.05, 0.1) is 13.7 Å². The fourth-order valence-electron chi connectivity index (χ4n) is 2.66. The van der Waals surface area contributed by atoms with Gasteiger partial charge in [0.1, 0.15) is 5.75 Å². The van der Waals surface area contributed by atoms with Gasteiger partial charge >= 0.3 is 0 Å². The van der Waals surface area contributed by atoms with Gasteiger partial charge < -0.3 is 14.8 Å². The Balaban J connectivity index is 2.01. The van der Waals surface area contributed by atoms with Crippen LogP contribution in [0.15, 0.2) is 18.2 Å². The van der Waals surface area contributed by atoms with Crippen molar-refractivity contribution in [3.05, 3.63) is 29.3 Å². The summed E-state index contributed by atoms with van der Waals surface area (Å²) in [6.07, 6.45) is 4.03. The number of hydrogen-bond acceptors (Lipinski definition) is 3. The van der Waals surface area contributed by atoms with Crippen molar-refractivity contribution < 1.29 is 9.47 Å². The summed E-state index contributed by atoms with van der Waals surface area (Å²) in [4.78, 5) is 0. The third-order valence-corrected chi connectivity index (χ3v) is 4.59. The van der Waals surface area contributed by atoms with E-state index in [1.165, 1.54) is 24.8 Å². The molecule has 3 nitrogen and oxygen atoms in total. The smallest absolute Gasteiger partial charge is 0.124 e. The highest BCUT2D eigenvalue weighted by Gasteiger charge is 2.40. The summed E-state index contributed by atoms with van der Waals surface area (Å²) >= 11 is 0. The zero-order valence-electron chi connectivity index (χ0n) is 13.2. The van der Waals surface area contributed by atoms with Gasteiger partial charge in [-0.2, -0.15) is 0 Å². The van der Waals surface area contributed by atoms with Crippen LogP contribution in [0.3, 0.4) is 0 Å². The molecule has 1 unspecified atom stereocenters. The Morgan fingerprint density at radius 3 is 2.60 bits per heavy atom. The summed E-state index contributed by atoms with van der Waals surface area (Å²) in [5.41, 5.74) is 2.98. The summed E-state index contributed by atoms with van der Waals surface area (Å²) in [5.74, 6) is 0.898. The molecule has 0 heterocycles. The Labute approximate surface area is 122 Å². The topological polar surface area (TPSA) is 30.5 Å². The van der Waals surface area contributed by atoms with E-state index < -0.39 is 0 Å². The number of benzene rings is 1. The Morgan fingerprint density at radius 1 is 1.30 bits per heavy atom. The molecule has 112 valence electrons. The van der Waals surface area contributed by atoms with Gasteiger partial charge in [-0.25, -0.2) is 0 Å². The lowest BCUT2D eigenvalue weighted by atomic mass is 10.0. The molecule has 1 atom stereocenters. The molecule has 0 amide bonds. The zero-order valence-corrected chi connectivity index (χ0v) is 13.2. The highest BCUT2D eigenvalue weighted by Crippen LogP contribution is 2.48. The van der Waals surface area contributed by atoms with Crippen LogP contribution in [-0.4, -0.2) is 20.8 Å². The molecule has 1 aromatic rings. The highest BCUT2D eigenvalue weighted by atomic mass is 16.5. The summed E-state index contributed by atoms with van der Waals surface area (Å²) < 4.78 is 10.6. The van der Waals surface area contributed by atoms with Crippen molar-refractivity contribution in [2.45, 2.75) is 45.8 Å². The maximum Gasteiger partial charge on any atom is 0.124 e. The van der Waals surface area contributed by atoms with Crippen LogP contribution in [0, 0.1) is 5.41 Å². The van der Waals surface area contributed by atoms with Crippen LogP contribution in [0.4, 0.5) is 0 Å². The Hall–Kier alpha value is -1.06. The minimum Gasteiger partial charge on any atom is -0.496 e. The summed E-state index contributed by atoms with van der Waals surface area (Å²) in [5, 5.41) is 3.68. The van der Waals surface area contributed by atoms with Crippen LogP contribution in [0.25, 0.3) is 0 Å². The largest absolute Gasteiger partial charge is 0.496 e. The van der Waals surface area contributed by atoms with Crippen LogP contribution in [0.1, 0.15) is 50.3 Å². The predicted octanol–water partition coefficient (Wildman–Crippen LogP) is 3.68. The van der Waals surface area contributed by atoms with Crippen molar-refractivity contribution in [3.8, 4) is 5.75 Å². The van der Waals surface area contributed by atoms with Crippen LogP contribution in [0.2, 0.25) is 0 Å². The van der Waals surface area contributed by atoms with Crippen molar-refractivity contribution in [2.24, 2.45) is 5.41 Å². The second-order valence-electron chi connectivity index (χ2n) is 5.96. The van der Waals surface area contributed by atoms with E-state index in [1.807, 2.05) is 6.07 Å². The van der Waals surface area contributed by atoms with Crippen LogP contribution >= 0.6 is 0 Å². The van der Waals surface area contributed by atoms with E-state index in [1.54, 1.807) is 14.2 Å². The number of nitrogens with one attached hydrogen (secondary N) is 1. The van der Waals surface area contributed by atoms with Gasteiger partial charge in [-0.05, 0) is 49.3 Å². The van der Waals surface area contributed by atoms with Crippen LogP contribution in [-0.2, 0) is 11.3 Å². The number of rotatable bonds is 8. The van der Waals surface area contributed by atoms with Crippen molar-refractivity contribution in [2.75, 3.05) is 20.8 Å². The summed E-state index contributed by atoms with van der Waals surface area (Å²) in [6.45, 7) is 6.23. The summed E-state index contributed by atoms with van der Waals surface area (Å²) in [7, 11) is 3.42. The molecule has 1 saturated carbocycles. The molecule has 0 saturated heterocycles. The van der Waals surface area contributed by atoms with E-state index in [2.05, 4.69) is 31.3 Å². The van der Waals surface area contributed by atoms with Crippen molar-refractivity contribution >= 4 is 0 Å². The SMILES string of the molecule is CCC1(CNC(C)c2ccc(OC)c(COC)c2)CC1. The lowest BCUT2D eigenvalue weighted by molar-refractivity contribution is 0.181. The standard InChI is InChI=1S/C17H27NO2/c1-5-17(8-9-17)12-18-13(2)14-6-7-16(20-4)15(10-14)11-19-3/h6-7,10,13,18H,5,8-9,11-12H2,1-4H3. The molecule has 1 aromatic carbocycles. The van der Waals surface area contributed by atoms with Crippen LogP contribution in [0.5, 0.6) is 5.75 Å². The molecular weight excluding hydrogens is 250 g/mol. The Morgan fingerprint density at radius 2 is 2.05 bits per heavy atom. The van der Waals surface area contributed by atoms with E-state index in [0.717, 1.165) is 17.9 Å². The average Bonchev–Trinajstić information content (AvgIpc) is 3.26. The Kier molecular flexibility index (Phi) is 5.06. The molecule has 1 fully saturated rings. The minimum absolute atomic E-state index is 0.362. The van der Waals surface area contributed by atoms with Gasteiger partial charge in [-0.3, -0.25) is 0 Å². The molecule has 0 spiro atoms. The van der Waals surface area contributed by atoms with Crippen molar-refractivity contribution in [1.82, 2.24) is 5.32 Å². The first kappa shape index (κ1) is 15.3. The van der Waals surface area contributed by atoms with Gasteiger partial charge in [0, 0.05) is 25.3 Å². The maximum atomic E-state index is 5.37. The monoisotopic (exact) mass is 277 g/mol. The molecule has 1 aliphatic rings. The molecule has 0 aromatic heterocycles. The fourth-order valence-corrected chi connectivity index (χ4v) is 2.66. The number of methoxy groups -OCH3 is 2. The number of hydrogen-bond donors (Lipinski definition) is 1. The zero-order chi connectivity index (χ0) is 14.6. The fraction of sp³-hybridized carbons (Fsp3) is 0.647. The normalized spacial score (nSPS) is 17.8. The Bertz CT molecular complexity index is 441. The number of ether oxygens (including phenoxy) is 2. The maximum absolute atomic E-state index is 5.37. The van der Waals surface area contributed by atoms with Gasteiger partial charge in [-0.1, -0.05) is 13.0 Å². The predicted molar refractivity (Wildman–Crippen MR) is 82.1 cm³/mol. The van der Waals surface area contributed by atoms with Gasteiger partial charge in [0.25, 0.3) is 0 Å². The van der Waals surface area contributed by atoms with Crippen molar-refractivity contribution in [1.29, 1.82) is 0 Å². The molecule has 1 N–H and O–H groups in total. The molecule has 3 heteroatoms. The third-order valence-electron chi connectivity index (χ3n) is 4.59. The summed E-state index contributed by atoms with van der Waals surface area (Å²) in [6, 6.07) is 6.72. The molecule has 0 bridgehead atoms. The first-order valence-electron chi connectivity index (χ1n) is 7.53. The molecule has 20 heavy (non-hydrogen) atoms. The lowest BCUT2D eigenvalue weighted by Gasteiger charge is -2.20. The lowest BCUT2D eigenvalue weighted by Crippen LogP contribution is -2.26. The third kappa shape index (κ3) is 3.53. The first-order valence-corrected chi connectivity index (χ1v) is 7.53. The molecule has 0 aliphatic heterocycles. The molecular formula is C17H27NO2. The average molecular weight is 277 g/mol. The second-order valence-corrected chi connectivity index (χ2v) is 5.96. The van der Waals surface area contributed by atoms with Gasteiger partial charge in [-0.15, -0.1) is 0 Å². The highest BCUT2D eigenvalue weighted by molar-refractivity contribution is 5.38.